The number of carbonyl (C=O) groups excluding carboxylic acids is 2. The van der Waals surface area contributed by atoms with E-state index in [0.717, 1.165) is 35.6 Å². The molecule has 4 rings (SSSR count). The van der Waals surface area contributed by atoms with Crippen LogP contribution < -0.4 is 19.7 Å². The Bertz CT molecular complexity index is 804. The van der Waals surface area contributed by atoms with Crippen LogP contribution >= 0.6 is 22.6 Å². The molecule has 1 aromatic heterocycles. The van der Waals surface area contributed by atoms with Crippen molar-refractivity contribution in [3.8, 4) is 0 Å². The Hall–Kier alpha value is -2.00. The first-order valence-corrected chi connectivity index (χ1v) is 9.90. The lowest BCUT2D eigenvalue weighted by Crippen LogP contribution is -3.19. The van der Waals surface area contributed by atoms with E-state index in [1.807, 2.05) is 42.6 Å². The van der Waals surface area contributed by atoms with Gasteiger partial charge in [0, 0.05) is 9.64 Å². The molecule has 0 aliphatic carbocycles. The Kier molecular flexibility index (Phi) is 4.90. The zero-order chi connectivity index (χ0) is 18.1. The molecule has 2 fully saturated rings. The summed E-state index contributed by atoms with van der Waals surface area (Å²) in [6, 6.07) is 13.3. The molecule has 134 valence electrons. The zero-order valence-electron chi connectivity index (χ0n) is 14.3. The summed E-state index contributed by atoms with van der Waals surface area (Å²) in [6.07, 6.45) is 2.23. The van der Waals surface area contributed by atoms with E-state index < -0.39 is 0 Å². The smallest absolute Gasteiger partial charge is 0.292 e. The summed E-state index contributed by atoms with van der Waals surface area (Å²) < 4.78 is 1.08. The van der Waals surface area contributed by atoms with Gasteiger partial charge in [0.2, 0.25) is 5.91 Å². The highest BCUT2D eigenvalue weighted by Crippen LogP contribution is 2.23. The largest absolute Gasteiger partial charge is 0.318 e. The molecule has 2 N–H and O–H groups in total. The molecule has 0 saturated carbocycles. The van der Waals surface area contributed by atoms with Crippen molar-refractivity contribution in [2.24, 2.45) is 0 Å². The van der Waals surface area contributed by atoms with Gasteiger partial charge in [0.05, 0.1) is 18.3 Å². The second-order valence-electron chi connectivity index (χ2n) is 6.69. The van der Waals surface area contributed by atoms with E-state index in [2.05, 4.69) is 38.5 Å². The number of piperazine rings is 1. The molecule has 7 heteroatoms. The van der Waals surface area contributed by atoms with Crippen LogP contribution in [-0.4, -0.2) is 44.0 Å². The number of nitrogens with zero attached hydrogens (tertiary/aromatic N) is 2. The number of carbonyl (C=O) groups is 2. The average Bonchev–Trinajstić information content (AvgIpc) is 2.98. The highest BCUT2D eigenvalue weighted by molar-refractivity contribution is 14.1. The molecule has 0 radical (unpaired) electrons. The molecule has 0 spiro atoms. The van der Waals surface area contributed by atoms with Crippen LogP contribution in [0.25, 0.3) is 0 Å². The van der Waals surface area contributed by atoms with Crippen molar-refractivity contribution in [3.05, 3.63) is 52.2 Å². The van der Waals surface area contributed by atoms with Crippen molar-refractivity contribution in [2.45, 2.75) is 12.5 Å². The molecule has 2 saturated heterocycles. The van der Waals surface area contributed by atoms with Crippen molar-refractivity contribution in [2.75, 3.05) is 36.0 Å². The topological polar surface area (TPSA) is 59.2 Å². The highest BCUT2D eigenvalue weighted by Gasteiger charge is 2.47. The average molecular weight is 464 g/mol. The van der Waals surface area contributed by atoms with Gasteiger partial charge in [-0.25, -0.2) is 9.88 Å². The van der Waals surface area contributed by atoms with Gasteiger partial charge in [-0.1, -0.05) is 6.07 Å². The van der Waals surface area contributed by atoms with Gasteiger partial charge in [-0.05, 0) is 52.9 Å². The Morgan fingerprint density at radius 1 is 1.04 bits per heavy atom. The summed E-state index contributed by atoms with van der Waals surface area (Å²) in [5.74, 6) is 0.944. The number of benzene rings is 1. The number of anilines is 2. The molecule has 2 aromatic rings. The first-order valence-electron chi connectivity index (χ1n) is 8.82. The first-order chi connectivity index (χ1) is 12.6. The normalized spacial score (nSPS) is 21.5. The number of amides is 2. The van der Waals surface area contributed by atoms with Gasteiger partial charge in [-0.3, -0.25) is 14.5 Å². The molecule has 6 nitrogen and oxygen atoms in total. The molecular formula is C19H21IN4O2+2. The van der Waals surface area contributed by atoms with Crippen LogP contribution in [0, 0.1) is 3.57 Å². The number of quaternary nitrogens is 1. The second-order valence-corrected chi connectivity index (χ2v) is 7.94. The molecule has 2 aliphatic heterocycles. The highest BCUT2D eigenvalue weighted by atomic mass is 127. The van der Waals surface area contributed by atoms with E-state index in [1.54, 1.807) is 0 Å². The Morgan fingerprint density at radius 3 is 2.42 bits per heavy atom. The number of halogens is 1. The van der Waals surface area contributed by atoms with Crippen LogP contribution in [0.1, 0.15) is 6.42 Å². The van der Waals surface area contributed by atoms with Gasteiger partial charge in [0.15, 0.2) is 6.04 Å². The fourth-order valence-electron chi connectivity index (χ4n) is 3.78. The van der Waals surface area contributed by atoms with E-state index in [0.29, 0.717) is 12.1 Å². The fraction of sp³-hybridized carbons (Fsp3) is 0.316. The van der Waals surface area contributed by atoms with Crippen LogP contribution in [0.5, 0.6) is 0 Å². The lowest BCUT2D eigenvalue weighted by Gasteiger charge is -2.31. The third-order valence-corrected chi connectivity index (χ3v) is 5.88. The molecule has 1 atom stereocenters. The van der Waals surface area contributed by atoms with Crippen LogP contribution in [0.4, 0.5) is 11.5 Å². The van der Waals surface area contributed by atoms with Gasteiger partial charge in [-0.2, -0.15) is 0 Å². The first kappa shape index (κ1) is 17.4. The van der Waals surface area contributed by atoms with Crippen molar-refractivity contribution in [1.29, 1.82) is 0 Å². The maximum atomic E-state index is 12.9. The van der Waals surface area contributed by atoms with Gasteiger partial charge in [0.1, 0.15) is 26.2 Å². The summed E-state index contributed by atoms with van der Waals surface area (Å²) in [6.45, 7) is 3.45. The minimum atomic E-state index is -0.260. The molecule has 2 aliphatic rings. The fourth-order valence-corrected chi connectivity index (χ4v) is 4.14. The maximum absolute atomic E-state index is 12.9. The number of aromatic amines is 1. The molecule has 1 aromatic carbocycles. The van der Waals surface area contributed by atoms with Crippen molar-refractivity contribution < 1.29 is 19.5 Å². The van der Waals surface area contributed by atoms with Crippen LogP contribution in [0.2, 0.25) is 0 Å². The lowest BCUT2D eigenvalue weighted by molar-refractivity contribution is -0.915. The van der Waals surface area contributed by atoms with Crippen molar-refractivity contribution >= 4 is 45.9 Å². The Morgan fingerprint density at radius 2 is 1.77 bits per heavy atom. The lowest BCUT2D eigenvalue weighted by atomic mass is 10.1. The quantitative estimate of drug-likeness (QED) is 0.520. The second kappa shape index (κ2) is 7.32. The number of aromatic nitrogens is 1. The minimum Gasteiger partial charge on any atom is -0.318 e. The molecule has 0 unspecified atom stereocenters. The van der Waals surface area contributed by atoms with Gasteiger partial charge in [0.25, 0.3) is 11.7 Å². The number of hydrogen-bond acceptors (Lipinski definition) is 3. The molecule has 3 heterocycles. The van der Waals surface area contributed by atoms with Gasteiger partial charge >= 0.3 is 0 Å². The minimum absolute atomic E-state index is 0.0640. The van der Waals surface area contributed by atoms with Crippen LogP contribution in [0.15, 0.2) is 48.7 Å². The number of hydrogen-bond donors (Lipinski definition) is 1. The number of rotatable bonds is 3. The third kappa shape index (κ3) is 3.33. The van der Waals surface area contributed by atoms with E-state index in [9.17, 15) is 9.59 Å². The standard InChI is InChI=1S/C19H19IN4O2/c20-14-4-6-15(7-5-14)24-18(25)13-16(19(24)26)22-9-11-23(12-10-22)17-3-1-2-8-21-17/h1-8,16H,9-13H2/p+2/t16-/m0/s1. The Balaban J connectivity index is 1.44. The molecular weight excluding hydrogens is 443 g/mol. The predicted molar refractivity (Wildman–Crippen MR) is 106 cm³/mol. The number of nitrogens with one attached hydrogen (secondary N) is 2. The molecule has 26 heavy (non-hydrogen) atoms. The van der Waals surface area contributed by atoms with Crippen molar-refractivity contribution in [1.82, 2.24) is 0 Å². The van der Waals surface area contributed by atoms with E-state index in [4.69, 9.17) is 0 Å². The molecule has 0 bridgehead atoms. The maximum Gasteiger partial charge on any atom is 0.292 e. The summed E-state index contributed by atoms with van der Waals surface area (Å²) in [5, 5.41) is 0. The monoisotopic (exact) mass is 464 g/mol. The summed E-state index contributed by atoms with van der Waals surface area (Å²) in [7, 11) is 0. The summed E-state index contributed by atoms with van der Waals surface area (Å²) >= 11 is 2.22. The SMILES string of the molecule is O=C1C[C@H]([NH+]2CCN(c3cccc[nH+]3)CC2)C(=O)N1c1ccc(I)cc1. The number of imide groups is 1. The Labute approximate surface area is 165 Å². The van der Waals surface area contributed by atoms with E-state index >= 15 is 0 Å². The van der Waals surface area contributed by atoms with Crippen LogP contribution in [0.3, 0.4) is 0 Å². The van der Waals surface area contributed by atoms with E-state index in [-0.39, 0.29) is 17.9 Å². The van der Waals surface area contributed by atoms with Crippen LogP contribution in [-0.2, 0) is 9.59 Å². The number of pyridine rings is 1. The van der Waals surface area contributed by atoms with Crippen molar-refractivity contribution in [3.63, 3.8) is 0 Å². The number of H-pyrrole nitrogens is 1. The third-order valence-electron chi connectivity index (χ3n) is 5.16. The van der Waals surface area contributed by atoms with Gasteiger partial charge < -0.3 is 4.90 Å². The zero-order valence-corrected chi connectivity index (χ0v) is 16.5. The predicted octanol–water partition coefficient (Wildman–Crippen LogP) is 0.142. The van der Waals surface area contributed by atoms with E-state index in [1.165, 1.54) is 9.80 Å². The molecule has 2 amide bonds. The summed E-state index contributed by atoms with van der Waals surface area (Å²) in [4.78, 5) is 33.5. The van der Waals surface area contributed by atoms with Gasteiger partial charge in [-0.15, -0.1) is 0 Å². The summed E-state index contributed by atoms with van der Waals surface area (Å²) in [5.41, 5.74) is 0.680.